The Labute approximate surface area is 197 Å². The summed E-state index contributed by atoms with van der Waals surface area (Å²) in [5, 5.41) is 7.12. The van der Waals surface area contributed by atoms with E-state index in [0.717, 1.165) is 22.3 Å². The van der Waals surface area contributed by atoms with E-state index in [1.165, 1.54) is 43.4 Å². The summed E-state index contributed by atoms with van der Waals surface area (Å²) in [5.74, 6) is 0. The fourth-order valence-electron chi connectivity index (χ4n) is 5.06. The van der Waals surface area contributed by atoms with Crippen molar-refractivity contribution in [1.82, 2.24) is 9.97 Å². The molecule has 0 radical (unpaired) electrons. The zero-order valence-electron chi connectivity index (χ0n) is 18.4. The number of aromatic nitrogens is 2. The molecule has 0 atom stereocenters. The Morgan fingerprint density at radius 2 is 0.971 bits per heavy atom. The van der Waals surface area contributed by atoms with E-state index in [9.17, 15) is 0 Å². The molecular formula is C32H20N2. The van der Waals surface area contributed by atoms with Crippen LogP contribution in [0.25, 0.3) is 65.7 Å². The second kappa shape index (κ2) is 7.50. The molecule has 0 aliphatic heterocycles. The highest BCUT2D eigenvalue weighted by atomic mass is 14.7. The minimum Gasteiger partial charge on any atom is -0.256 e. The van der Waals surface area contributed by atoms with Crippen molar-refractivity contribution in [2.24, 2.45) is 0 Å². The van der Waals surface area contributed by atoms with Crippen molar-refractivity contribution < 1.29 is 0 Å². The molecule has 2 heteroatoms. The van der Waals surface area contributed by atoms with Crippen LogP contribution in [0, 0.1) is 0 Å². The molecule has 7 aromatic rings. The number of pyridine rings is 2. The van der Waals surface area contributed by atoms with Crippen LogP contribution in [0.15, 0.2) is 121 Å². The lowest BCUT2D eigenvalue weighted by Crippen LogP contribution is -1.92. The summed E-state index contributed by atoms with van der Waals surface area (Å²) < 4.78 is 0. The molecule has 0 spiro atoms. The van der Waals surface area contributed by atoms with Crippen molar-refractivity contribution in [2.75, 3.05) is 0 Å². The van der Waals surface area contributed by atoms with E-state index in [0.29, 0.717) is 0 Å². The quantitative estimate of drug-likeness (QED) is 0.202. The smallest absolute Gasteiger partial charge is 0.0794 e. The van der Waals surface area contributed by atoms with Crippen molar-refractivity contribution >= 4 is 43.4 Å². The number of hydrogen-bond acceptors (Lipinski definition) is 2. The zero-order chi connectivity index (χ0) is 22.5. The van der Waals surface area contributed by atoms with Gasteiger partial charge in [0.2, 0.25) is 0 Å². The molecular weight excluding hydrogens is 412 g/mol. The standard InChI is InChI=1S/C32H20N2/c1-3-9-25-21(7-1)16-18-27-30(24-14-12-23(13-15-24)29-11-5-6-20-33-29)28-19-17-22-8-2-4-10-26(22)32(28)34-31(25)27/h1-20H. The van der Waals surface area contributed by atoms with E-state index in [1.807, 2.05) is 24.4 Å². The van der Waals surface area contributed by atoms with Crippen molar-refractivity contribution in [3.8, 4) is 22.4 Å². The van der Waals surface area contributed by atoms with E-state index in [1.54, 1.807) is 0 Å². The van der Waals surface area contributed by atoms with Gasteiger partial charge in [-0.3, -0.25) is 4.98 Å². The first kappa shape index (κ1) is 19.0. The van der Waals surface area contributed by atoms with Crippen LogP contribution in [0.1, 0.15) is 0 Å². The normalized spacial score (nSPS) is 11.5. The van der Waals surface area contributed by atoms with Crippen LogP contribution < -0.4 is 0 Å². The Morgan fingerprint density at radius 3 is 1.56 bits per heavy atom. The maximum Gasteiger partial charge on any atom is 0.0794 e. The average Bonchev–Trinajstić information content (AvgIpc) is 2.92. The summed E-state index contributed by atoms with van der Waals surface area (Å²) in [7, 11) is 0. The molecule has 0 fully saturated rings. The van der Waals surface area contributed by atoms with Gasteiger partial charge in [-0.2, -0.15) is 0 Å². The molecule has 0 N–H and O–H groups in total. The maximum absolute atomic E-state index is 5.28. The fraction of sp³-hybridized carbons (Fsp3) is 0. The number of rotatable bonds is 2. The Balaban J connectivity index is 1.59. The minimum atomic E-state index is 0.982. The largest absolute Gasteiger partial charge is 0.256 e. The van der Waals surface area contributed by atoms with Crippen LogP contribution in [-0.4, -0.2) is 9.97 Å². The Hall–Kier alpha value is -4.56. The Bertz CT molecular complexity index is 1740. The minimum absolute atomic E-state index is 0.982. The summed E-state index contributed by atoms with van der Waals surface area (Å²) in [6.07, 6.45) is 1.84. The molecule has 0 aliphatic rings. The molecule has 2 heterocycles. The molecule has 158 valence electrons. The highest BCUT2D eigenvalue weighted by Crippen LogP contribution is 2.40. The highest BCUT2D eigenvalue weighted by molar-refractivity contribution is 6.21. The van der Waals surface area contributed by atoms with Gasteiger partial charge in [0, 0.05) is 38.9 Å². The third-order valence-corrected chi connectivity index (χ3v) is 6.70. The van der Waals surface area contributed by atoms with Crippen molar-refractivity contribution in [2.45, 2.75) is 0 Å². The maximum atomic E-state index is 5.28. The summed E-state index contributed by atoms with van der Waals surface area (Å²) in [5.41, 5.74) is 6.60. The van der Waals surface area contributed by atoms with Crippen LogP contribution in [0.2, 0.25) is 0 Å². The van der Waals surface area contributed by atoms with Gasteiger partial charge >= 0.3 is 0 Å². The van der Waals surface area contributed by atoms with Gasteiger partial charge in [-0.1, -0.05) is 103 Å². The topological polar surface area (TPSA) is 25.8 Å². The van der Waals surface area contributed by atoms with E-state index in [-0.39, 0.29) is 0 Å². The summed E-state index contributed by atoms with van der Waals surface area (Å²) in [6, 6.07) is 40.7. The molecule has 0 aliphatic carbocycles. The molecule has 0 unspecified atom stereocenters. The molecule has 2 aromatic heterocycles. The van der Waals surface area contributed by atoms with Crippen LogP contribution in [0.4, 0.5) is 0 Å². The lowest BCUT2D eigenvalue weighted by molar-refractivity contribution is 1.33. The van der Waals surface area contributed by atoms with Gasteiger partial charge in [-0.05, 0) is 28.5 Å². The predicted molar refractivity (Wildman–Crippen MR) is 143 cm³/mol. The Kier molecular flexibility index (Phi) is 4.18. The van der Waals surface area contributed by atoms with Crippen LogP contribution in [0.5, 0.6) is 0 Å². The van der Waals surface area contributed by atoms with Crippen molar-refractivity contribution in [3.05, 3.63) is 121 Å². The molecule has 5 aromatic carbocycles. The van der Waals surface area contributed by atoms with Crippen LogP contribution in [0.3, 0.4) is 0 Å². The molecule has 0 amide bonds. The molecule has 7 rings (SSSR count). The number of fused-ring (bicyclic) bond motifs is 6. The van der Waals surface area contributed by atoms with Gasteiger partial charge in [0.05, 0.1) is 16.7 Å². The molecule has 0 saturated carbocycles. The van der Waals surface area contributed by atoms with E-state index >= 15 is 0 Å². The van der Waals surface area contributed by atoms with E-state index < -0.39 is 0 Å². The van der Waals surface area contributed by atoms with Gasteiger partial charge in [0.1, 0.15) is 0 Å². The second-order valence-electron chi connectivity index (χ2n) is 8.64. The van der Waals surface area contributed by atoms with Gasteiger partial charge in [-0.25, -0.2) is 4.98 Å². The first-order chi connectivity index (χ1) is 16.9. The SMILES string of the molecule is c1ccc(-c2ccc(-c3c4ccc5ccccc5c4nc4c3ccc3ccccc34)cc2)nc1. The average molecular weight is 433 g/mol. The monoisotopic (exact) mass is 432 g/mol. The molecule has 0 saturated heterocycles. The van der Waals surface area contributed by atoms with Gasteiger partial charge in [-0.15, -0.1) is 0 Å². The van der Waals surface area contributed by atoms with E-state index in [4.69, 9.17) is 4.98 Å². The van der Waals surface area contributed by atoms with Gasteiger partial charge in [0.15, 0.2) is 0 Å². The second-order valence-corrected chi connectivity index (χ2v) is 8.64. The van der Waals surface area contributed by atoms with Crippen LogP contribution >= 0.6 is 0 Å². The highest BCUT2D eigenvalue weighted by Gasteiger charge is 2.15. The first-order valence-corrected chi connectivity index (χ1v) is 11.5. The van der Waals surface area contributed by atoms with Crippen LogP contribution in [-0.2, 0) is 0 Å². The van der Waals surface area contributed by atoms with Gasteiger partial charge < -0.3 is 0 Å². The zero-order valence-corrected chi connectivity index (χ0v) is 18.4. The number of hydrogen-bond donors (Lipinski definition) is 0. The van der Waals surface area contributed by atoms with Crippen molar-refractivity contribution in [1.29, 1.82) is 0 Å². The Morgan fingerprint density at radius 1 is 0.412 bits per heavy atom. The fourth-order valence-corrected chi connectivity index (χ4v) is 5.06. The summed E-state index contributed by atoms with van der Waals surface area (Å²) >= 11 is 0. The number of nitrogens with zero attached hydrogens (tertiary/aromatic N) is 2. The first-order valence-electron chi connectivity index (χ1n) is 11.5. The lowest BCUT2D eigenvalue weighted by Gasteiger charge is -2.15. The lowest BCUT2D eigenvalue weighted by atomic mass is 9.92. The molecule has 0 bridgehead atoms. The number of benzene rings is 5. The van der Waals surface area contributed by atoms with E-state index in [2.05, 4.69) is 102 Å². The predicted octanol–water partition coefficient (Wildman–Crippen LogP) is 8.42. The van der Waals surface area contributed by atoms with Gasteiger partial charge in [0.25, 0.3) is 0 Å². The molecule has 34 heavy (non-hydrogen) atoms. The third kappa shape index (κ3) is 2.89. The third-order valence-electron chi connectivity index (χ3n) is 6.70. The summed E-state index contributed by atoms with van der Waals surface area (Å²) in [4.78, 5) is 9.78. The summed E-state index contributed by atoms with van der Waals surface area (Å²) in [6.45, 7) is 0. The van der Waals surface area contributed by atoms with Crippen molar-refractivity contribution in [3.63, 3.8) is 0 Å². The molecule has 2 nitrogen and oxygen atoms in total.